The molecule has 4 aromatic rings. The molecule has 6 heteroatoms. The van der Waals surface area contributed by atoms with Crippen molar-refractivity contribution in [1.82, 2.24) is 4.98 Å². The monoisotopic (exact) mass is 418 g/mol. The van der Waals surface area contributed by atoms with Crippen molar-refractivity contribution in [3.05, 3.63) is 78.1 Å². The van der Waals surface area contributed by atoms with E-state index < -0.39 is 0 Å². The smallest absolute Gasteiger partial charge is 0.262 e. The van der Waals surface area contributed by atoms with Gasteiger partial charge in [0.25, 0.3) is 5.91 Å². The van der Waals surface area contributed by atoms with Crippen molar-refractivity contribution in [1.29, 1.82) is 0 Å². The molecule has 0 fully saturated rings. The van der Waals surface area contributed by atoms with Crippen LogP contribution < -0.4 is 10.1 Å². The number of rotatable bonds is 7. The van der Waals surface area contributed by atoms with Gasteiger partial charge >= 0.3 is 0 Å². The third-order valence-electron chi connectivity index (χ3n) is 5.17. The van der Waals surface area contributed by atoms with Gasteiger partial charge in [-0.15, -0.1) is 0 Å². The fourth-order valence-corrected chi connectivity index (χ4v) is 3.22. The third kappa shape index (κ3) is 4.91. The van der Waals surface area contributed by atoms with Crippen LogP contribution in [-0.2, 0) is 4.79 Å². The highest BCUT2D eigenvalue weighted by atomic mass is 19.1. The first-order valence-electron chi connectivity index (χ1n) is 10.2. The third-order valence-corrected chi connectivity index (χ3v) is 5.17. The molecule has 5 nitrogen and oxygen atoms in total. The number of carbonyl (C=O) groups is 1. The van der Waals surface area contributed by atoms with E-state index in [2.05, 4.69) is 24.1 Å². The Kier molecular flexibility index (Phi) is 5.98. The van der Waals surface area contributed by atoms with Crippen LogP contribution in [0.1, 0.15) is 31.7 Å². The first-order valence-corrected chi connectivity index (χ1v) is 10.2. The van der Waals surface area contributed by atoms with E-state index in [0.717, 1.165) is 6.42 Å². The Morgan fingerprint density at radius 3 is 2.68 bits per heavy atom. The molecule has 0 aliphatic heterocycles. The number of fused-ring (bicyclic) bond motifs is 1. The molecule has 4 rings (SSSR count). The molecule has 0 bridgehead atoms. The van der Waals surface area contributed by atoms with E-state index in [1.165, 1.54) is 17.7 Å². The zero-order valence-corrected chi connectivity index (χ0v) is 17.4. The molecule has 0 saturated heterocycles. The first kappa shape index (κ1) is 20.6. The maximum atomic E-state index is 13.5. The lowest BCUT2D eigenvalue weighted by atomic mass is 9.99. The molecule has 1 N–H and O–H groups in total. The summed E-state index contributed by atoms with van der Waals surface area (Å²) >= 11 is 0. The lowest BCUT2D eigenvalue weighted by molar-refractivity contribution is -0.118. The lowest BCUT2D eigenvalue weighted by Gasteiger charge is -2.11. The predicted molar refractivity (Wildman–Crippen MR) is 119 cm³/mol. The second-order valence-corrected chi connectivity index (χ2v) is 7.43. The molecule has 0 unspecified atom stereocenters. The summed E-state index contributed by atoms with van der Waals surface area (Å²) in [6, 6.07) is 19.0. The van der Waals surface area contributed by atoms with Gasteiger partial charge in [0.1, 0.15) is 17.1 Å². The van der Waals surface area contributed by atoms with Crippen molar-refractivity contribution in [2.24, 2.45) is 0 Å². The molecule has 0 saturated carbocycles. The van der Waals surface area contributed by atoms with Crippen LogP contribution in [0.3, 0.4) is 0 Å². The summed E-state index contributed by atoms with van der Waals surface area (Å²) in [4.78, 5) is 16.7. The van der Waals surface area contributed by atoms with Gasteiger partial charge in [-0.05, 0) is 66.4 Å². The zero-order valence-electron chi connectivity index (χ0n) is 17.4. The Labute approximate surface area is 179 Å². The Balaban J connectivity index is 1.39. The van der Waals surface area contributed by atoms with Crippen LogP contribution >= 0.6 is 0 Å². The number of hydrogen-bond acceptors (Lipinski definition) is 4. The van der Waals surface area contributed by atoms with Crippen molar-refractivity contribution in [2.75, 3.05) is 11.9 Å². The summed E-state index contributed by atoms with van der Waals surface area (Å²) in [7, 11) is 0. The van der Waals surface area contributed by atoms with Gasteiger partial charge in [0.2, 0.25) is 5.89 Å². The molecular formula is C25H23FN2O3. The maximum Gasteiger partial charge on any atom is 0.262 e. The molecule has 0 spiro atoms. The van der Waals surface area contributed by atoms with Crippen molar-refractivity contribution in [3.63, 3.8) is 0 Å². The molecule has 31 heavy (non-hydrogen) atoms. The highest BCUT2D eigenvalue weighted by Gasteiger charge is 2.11. The molecule has 1 amide bonds. The number of carbonyl (C=O) groups excluding carboxylic acids is 1. The van der Waals surface area contributed by atoms with Crippen molar-refractivity contribution in [2.45, 2.75) is 26.2 Å². The van der Waals surface area contributed by atoms with Gasteiger partial charge in [0, 0.05) is 11.3 Å². The van der Waals surface area contributed by atoms with Crippen LogP contribution in [0.2, 0.25) is 0 Å². The Bertz CT molecular complexity index is 1200. The standard InChI is InChI=1S/C25H23FN2O3/c1-3-16(2)17-7-10-21(11-8-17)30-15-24(29)27-20-9-12-23-22(14-20)28-25(31-23)18-5-4-6-19(26)13-18/h4-14,16H,3,15H2,1-2H3,(H,27,29)/t16-/m1/s1. The second kappa shape index (κ2) is 9.00. The number of anilines is 1. The Morgan fingerprint density at radius 2 is 1.94 bits per heavy atom. The summed E-state index contributed by atoms with van der Waals surface area (Å²) in [6.07, 6.45) is 1.07. The summed E-state index contributed by atoms with van der Waals surface area (Å²) in [6.45, 7) is 4.22. The lowest BCUT2D eigenvalue weighted by Crippen LogP contribution is -2.20. The predicted octanol–water partition coefficient (Wildman–Crippen LogP) is 6.16. The van der Waals surface area contributed by atoms with E-state index in [9.17, 15) is 9.18 Å². The quantitative estimate of drug-likeness (QED) is 0.390. The van der Waals surface area contributed by atoms with Gasteiger partial charge in [-0.25, -0.2) is 9.37 Å². The van der Waals surface area contributed by atoms with Crippen LogP contribution in [0.5, 0.6) is 5.75 Å². The van der Waals surface area contributed by atoms with Gasteiger partial charge < -0.3 is 14.5 Å². The molecular weight excluding hydrogens is 395 g/mol. The number of oxazole rings is 1. The number of aromatic nitrogens is 1. The molecule has 158 valence electrons. The van der Waals surface area contributed by atoms with Gasteiger partial charge in [-0.3, -0.25) is 4.79 Å². The fraction of sp³-hybridized carbons (Fsp3) is 0.200. The van der Waals surface area contributed by atoms with Gasteiger partial charge in [0.05, 0.1) is 0 Å². The number of benzene rings is 3. The number of ether oxygens (including phenoxy) is 1. The van der Waals surface area contributed by atoms with E-state index in [0.29, 0.717) is 39.9 Å². The average Bonchev–Trinajstić information content (AvgIpc) is 3.21. The topological polar surface area (TPSA) is 64.4 Å². The number of nitrogens with one attached hydrogen (secondary N) is 1. The summed E-state index contributed by atoms with van der Waals surface area (Å²) in [5.41, 5.74) is 3.49. The highest BCUT2D eigenvalue weighted by molar-refractivity contribution is 5.94. The molecule has 0 radical (unpaired) electrons. The normalized spacial score (nSPS) is 12.0. The SMILES string of the molecule is CC[C@@H](C)c1ccc(OCC(=O)Nc2ccc3oc(-c4cccc(F)c4)nc3c2)cc1. The van der Waals surface area contributed by atoms with Crippen molar-refractivity contribution in [3.8, 4) is 17.2 Å². The minimum atomic E-state index is -0.359. The minimum Gasteiger partial charge on any atom is -0.484 e. The van der Waals surface area contributed by atoms with Crippen molar-refractivity contribution < 1.29 is 18.3 Å². The van der Waals surface area contributed by atoms with E-state index in [-0.39, 0.29) is 18.3 Å². The maximum absolute atomic E-state index is 13.5. The van der Waals surface area contributed by atoms with E-state index in [1.54, 1.807) is 30.3 Å². The summed E-state index contributed by atoms with van der Waals surface area (Å²) in [5.74, 6) is 0.822. The molecule has 1 heterocycles. The molecule has 3 aromatic carbocycles. The largest absolute Gasteiger partial charge is 0.484 e. The van der Waals surface area contributed by atoms with E-state index in [4.69, 9.17) is 9.15 Å². The second-order valence-electron chi connectivity index (χ2n) is 7.43. The number of halogens is 1. The van der Waals surface area contributed by atoms with Crippen LogP contribution in [-0.4, -0.2) is 17.5 Å². The van der Waals surface area contributed by atoms with Gasteiger partial charge in [0.15, 0.2) is 12.2 Å². The number of hydrogen-bond donors (Lipinski definition) is 1. The van der Waals surface area contributed by atoms with Crippen molar-refractivity contribution >= 4 is 22.7 Å². The van der Waals surface area contributed by atoms with E-state index >= 15 is 0 Å². The van der Waals surface area contributed by atoms with Crippen LogP contribution in [0.25, 0.3) is 22.6 Å². The Hall–Kier alpha value is -3.67. The van der Waals surface area contributed by atoms with E-state index in [1.807, 2.05) is 24.3 Å². The molecule has 0 aliphatic rings. The molecule has 1 aromatic heterocycles. The van der Waals surface area contributed by atoms with Crippen LogP contribution in [0, 0.1) is 5.82 Å². The zero-order chi connectivity index (χ0) is 21.8. The fourth-order valence-electron chi connectivity index (χ4n) is 3.22. The van der Waals surface area contributed by atoms with Crippen LogP contribution in [0.4, 0.5) is 10.1 Å². The Morgan fingerprint density at radius 1 is 1.13 bits per heavy atom. The van der Waals surface area contributed by atoms with Gasteiger partial charge in [-0.2, -0.15) is 0 Å². The molecule has 1 atom stereocenters. The van der Waals surface area contributed by atoms with Gasteiger partial charge in [-0.1, -0.05) is 32.0 Å². The highest BCUT2D eigenvalue weighted by Crippen LogP contribution is 2.27. The molecule has 0 aliphatic carbocycles. The number of nitrogens with zero attached hydrogens (tertiary/aromatic N) is 1. The summed E-state index contributed by atoms with van der Waals surface area (Å²) in [5, 5.41) is 2.80. The van der Waals surface area contributed by atoms with Crippen LogP contribution in [0.15, 0.2) is 71.1 Å². The minimum absolute atomic E-state index is 0.103. The number of amides is 1. The average molecular weight is 418 g/mol. The first-order chi connectivity index (χ1) is 15.0. The summed E-state index contributed by atoms with van der Waals surface area (Å²) < 4.78 is 24.7.